The molecule has 2 unspecified atom stereocenters. The van der Waals surface area contributed by atoms with Crippen molar-refractivity contribution in [2.24, 2.45) is 9.98 Å². The van der Waals surface area contributed by atoms with E-state index in [-0.39, 0.29) is 12.0 Å². The summed E-state index contributed by atoms with van der Waals surface area (Å²) in [4.78, 5) is 9.90. The minimum Gasteiger partial charge on any atom is -0.485 e. The zero-order chi connectivity index (χ0) is 25.1. The van der Waals surface area contributed by atoms with Crippen molar-refractivity contribution in [2.75, 3.05) is 0 Å². The molecule has 0 saturated heterocycles. The Balaban J connectivity index is 1.23. The second-order valence-corrected chi connectivity index (χ2v) is 10.3. The van der Waals surface area contributed by atoms with Crippen LogP contribution in [0, 0.1) is 6.92 Å². The predicted octanol–water partition coefficient (Wildman–Crippen LogP) is 7.63. The number of allylic oxidation sites excluding steroid dienone is 2. The van der Waals surface area contributed by atoms with Crippen LogP contribution in [0.4, 0.5) is 11.4 Å². The molecule has 0 radical (unpaired) electrons. The fourth-order valence-electron chi connectivity index (χ4n) is 5.81. The number of nitrogens with zero attached hydrogens (tertiary/aromatic N) is 2. The molecule has 0 N–H and O–H groups in total. The van der Waals surface area contributed by atoms with Crippen LogP contribution in [0.3, 0.4) is 0 Å². The van der Waals surface area contributed by atoms with Gasteiger partial charge in [-0.15, -0.1) is 0 Å². The average Bonchev–Trinajstić information content (AvgIpc) is 3.49. The Bertz CT molecular complexity index is 2110. The Labute approximate surface area is 220 Å². The van der Waals surface area contributed by atoms with Gasteiger partial charge >= 0.3 is 0 Å². The Morgan fingerprint density at radius 3 is 2.50 bits per heavy atom. The van der Waals surface area contributed by atoms with Crippen LogP contribution in [-0.2, 0) is 0 Å². The van der Waals surface area contributed by atoms with Crippen molar-refractivity contribution in [3.05, 3.63) is 99.7 Å². The van der Waals surface area contributed by atoms with E-state index in [0.717, 1.165) is 44.5 Å². The van der Waals surface area contributed by atoms with Gasteiger partial charge in [-0.05, 0) is 31.2 Å². The predicted molar refractivity (Wildman–Crippen MR) is 144 cm³/mol. The highest BCUT2D eigenvalue weighted by molar-refractivity contribution is 6.32. The number of fused-ring (bicyclic) bond motifs is 10. The lowest BCUT2D eigenvalue weighted by atomic mass is 9.91. The summed E-state index contributed by atoms with van der Waals surface area (Å²) in [5, 5.41) is 3.52. The molecule has 1 aliphatic carbocycles. The average molecular weight is 517 g/mol. The molecule has 7 heteroatoms. The molecule has 4 aromatic carbocycles. The summed E-state index contributed by atoms with van der Waals surface area (Å²) in [5.74, 6) is 3.22. The lowest BCUT2D eigenvalue weighted by molar-refractivity contribution is 0.268. The van der Waals surface area contributed by atoms with E-state index >= 15 is 0 Å². The first kappa shape index (κ1) is 20.5. The monoisotopic (exact) mass is 516 g/mol. The Morgan fingerprint density at radius 1 is 0.763 bits per heavy atom. The van der Waals surface area contributed by atoms with Crippen LogP contribution >= 0.6 is 11.6 Å². The summed E-state index contributed by atoms with van der Waals surface area (Å²) < 4.78 is 25.0. The third kappa shape index (κ3) is 2.62. The topological polar surface area (TPSA) is 65.5 Å². The second kappa shape index (κ2) is 7.05. The number of para-hydroxylation sites is 1. The van der Waals surface area contributed by atoms with Crippen LogP contribution in [0.15, 0.2) is 87.2 Å². The lowest BCUT2D eigenvalue weighted by Gasteiger charge is -2.22. The van der Waals surface area contributed by atoms with E-state index in [4.69, 9.17) is 40.2 Å². The van der Waals surface area contributed by atoms with Gasteiger partial charge in [0.15, 0.2) is 23.0 Å². The van der Waals surface area contributed by atoms with Crippen LogP contribution in [-0.4, -0.2) is 6.10 Å². The maximum Gasteiger partial charge on any atom is 0.174 e. The van der Waals surface area contributed by atoms with Crippen molar-refractivity contribution in [1.82, 2.24) is 0 Å². The van der Waals surface area contributed by atoms with Gasteiger partial charge in [-0.1, -0.05) is 48.0 Å². The first-order valence-corrected chi connectivity index (χ1v) is 12.8. The van der Waals surface area contributed by atoms with E-state index in [1.807, 2.05) is 61.5 Å². The van der Waals surface area contributed by atoms with Crippen molar-refractivity contribution in [2.45, 2.75) is 18.9 Å². The van der Waals surface area contributed by atoms with Crippen LogP contribution in [0.1, 0.15) is 17.0 Å². The second-order valence-electron chi connectivity index (χ2n) is 9.87. The zero-order valence-corrected chi connectivity index (χ0v) is 20.7. The Kier molecular flexibility index (Phi) is 3.81. The van der Waals surface area contributed by atoms with E-state index in [2.05, 4.69) is 18.2 Å². The van der Waals surface area contributed by atoms with Gasteiger partial charge in [0.05, 0.1) is 0 Å². The molecule has 0 spiro atoms. The maximum absolute atomic E-state index is 6.93. The molecule has 0 bridgehead atoms. The molecule has 0 fully saturated rings. The highest BCUT2D eigenvalue weighted by Gasteiger charge is 2.35. The van der Waals surface area contributed by atoms with Gasteiger partial charge in [0, 0.05) is 39.9 Å². The molecule has 5 aromatic rings. The summed E-state index contributed by atoms with van der Waals surface area (Å²) >= 11 is 6.93. The number of halogens is 1. The van der Waals surface area contributed by atoms with E-state index in [0.29, 0.717) is 44.4 Å². The van der Waals surface area contributed by atoms with E-state index < -0.39 is 0 Å². The third-order valence-corrected chi connectivity index (χ3v) is 8.03. The molecule has 4 heterocycles. The van der Waals surface area contributed by atoms with Crippen LogP contribution in [0.5, 0.6) is 28.7 Å². The summed E-state index contributed by atoms with van der Waals surface area (Å²) in [6, 6.07) is 15.8. The SMILES string of the molecule is Cc1c2c(c(Cl)c3c1=Nc1cc4c(cc1O3)OC1C=CC=CC41)=Nc1cc3c(cc1O2)oc1ccccc13. The number of rotatable bonds is 0. The molecular weight excluding hydrogens is 500 g/mol. The Hall–Kier alpha value is -4.55. The number of ether oxygens (including phenoxy) is 3. The van der Waals surface area contributed by atoms with Gasteiger partial charge in [0.1, 0.15) is 50.1 Å². The molecule has 3 aliphatic heterocycles. The third-order valence-electron chi connectivity index (χ3n) is 7.68. The van der Waals surface area contributed by atoms with Crippen LogP contribution in [0.25, 0.3) is 21.9 Å². The largest absolute Gasteiger partial charge is 0.485 e. The maximum atomic E-state index is 6.93. The Morgan fingerprint density at radius 2 is 1.55 bits per heavy atom. The van der Waals surface area contributed by atoms with E-state index in [1.165, 1.54) is 0 Å². The van der Waals surface area contributed by atoms with E-state index in [1.54, 1.807) is 0 Å². The van der Waals surface area contributed by atoms with Crippen molar-refractivity contribution < 1.29 is 18.6 Å². The fourth-order valence-corrected chi connectivity index (χ4v) is 6.07. The number of hydrogen-bond donors (Lipinski definition) is 0. The first-order valence-electron chi connectivity index (χ1n) is 12.4. The molecule has 4 aliphatic rings. The molecule has 0 saturated carbocycles. The zero-order valence-electron chi connectivity index (χ0n) is 20.0. The summed E-state index contributed by atoms with van der Waals surface area (Å²) in [5.41, 5.74) is 4.88. The molecule has 1 aromatic heterocycles. The molecule has 0 amide bonds. The van der Waals surface area contributed by atoms with E-state index in [9.17, 15) is 0 Å². The number of hydrogen-bond acceptors (Lipinski definition) is 6. The highest BCUT2D eigenvalue weighted by Crippen LogP contribution is 2.49. The van der Waals surface area contributed by atoms with Gasteiger partial charge in [0.2, 0.25) is 0 Å². The van der Waals surface area contributed by atoms with Gasteiger partial charge in [-0.3, -0.25) is 0 Å². The quantitative estimate of drug-likeness (QED) is 0.208. The fraction of sp³-hybridized carbons (Fsp3) is 0.0968. The first-order chi connectivity index (χ1) is 18.6. The molecule has 9 rings (SSSR count). The van der Waals surface area contributed by atoms with Gasteiger partial charge in [-0.2, -0.15) is 0 Å². The van der Waals surface area contributed by atoms with Crippen LogP contribution < -0.4 is 24.9 Å². The van der Waals surface area contributed by atoms with Crippen molar-refractivity contribution >= 4 is 44.9 Å². The minimum absolute atomic E-state index is 0.0119. The standard InChI is InChI=1S/C31H17ClN2O4/c1-14-28-31(38-26-13-24-17(10-19(26)33-28)15-6-2-4-8-21(15)36-24)27(32)29-30(14)37-25-12-23-18(11-20(25)34-29)16-7-3-5-9-22(16)35-23/h2-13,15,21H,1H3. The van der Waals surface area contributed by atoms with Gasteiger partial charge in [0.25, 0.3) is 0 Å². The smallest absolute Gasteiger partial charge is 0.174 e. The number of furan rings is 1. The van der Waals surface area contributed by atoms with Gasteiger partial charge < -0.3 is 18.6 Å². The summed E-state index contributed by atoms with van der Waals surface area (Å²) in [6.45, 7) is 1.95. The summed E-state index contributed by atoms with van der Waals surface area (Å²) in [7, 11) is 0. The molecular formula is C31H17ClN2O4. The highest BCUT2D eigenvalue weighted by atomic mass is 35.5. The molecule has 182 valence electrons. The molecule has 6 nitrogen and oxygen atoms in total. The van der Waals surface area contributed by atoms with Gasteiger partial charge in [-0.25, -0.2) is 9.98 Å². The van der Waals surface area contributed by atoms with Crippen LogP contribution in [0.2, 0.25) is 5.02 Å². The minimum atomic E-state index is -0.0119. The van der Waals surface area contributed by atoms with Crippen molar-refractivity contribution in [3.63, 3.8) is 0 Å². The number of benzene rings is 4. The van der Waals surface area contributed by atoms with Crippen molar-refractivity contribution in [3.8, 4) is 28.7 Å². The summed E-state index contributed by atoms with van der Waals surface area (Å²) in [6.07, 6.45) is 8.28. The molecule has 2 atom stereocenters. The lowest BCUT2D eigenvalue weighted by Crippen LogP contribution is -2.23. The van der Waals surface area contributed by atoms with Crippen molar-refractivity contribution in [1.29, 1.82) is 0 Å². The molecule has 38 heavy (non-hydrogen) atoms. The normalized spacial score (nSPS) is 19.1.